The number of aromatic nitrogens is 1. The maximum Gasteiger partial charge on any atom is 0.341 e. The molecule has 7 heteroatoms. The van der Waals surface area contributed by atoms with Gasteiger partial charge in [-0.3, -0.25) is 9.20 Å². The van der Waals surface area contributed by atoms with Gasteiger partial charge >= 0.3 is 11.9 Å². The van der Waals surface area contributed by atoms with E-state index >= 15 is 0 Å². The fraction of sp³-hybridized carbons (Fsp3) is 0.227. The molecule has 0 radical (unpaired) electrons. The molecule has 0 spiro atoms. The summed E-state index contributed by atoms with van der Waals surface area (Å²) in [7, 11) is 0. The fourth-order valence-electron chi connectivity index (χ4n) is 2.98. The number of halogens is 1. The first-order valence-corrected chi connectivity index (χ1v) is 8.94. The molecule has 0 saturated heterocycles. The fourth-order valence-corrected chi connectivity index (χ4v) is 2.98. The van der Waals surface area contributed by atoms with E-state index in [1.54, 1.807) is 45.0 Å². The first-order chi connectivity index (χ1) is 13.5. The Morgan fingerprint density at radius 1 is 1.07 bits per heavy atom. The summed E-state index contributed by atoms with van der Waals surface area (Å²) < 4.78 is 19.9. The Balaban J connectivity index is 2.15. The van der Waals surface area contributed by atoms with Crippen molar-refractivity contribution in [3.63, 3.8) is 0 Å². The van der Waals surface area contributed by atoms with Crippen LogP contribution in [0.25, 0.3) is 5.52 Å². The van der Waals surface area contributed by atoms with Crippen molar-refractivity contribution in [2.45, 2.75) is 32.8 Å². The van der Waals surface area contributed by atoms with Crippen LogP contribution in [-0.2, 0) is 11.2 Å². The lowest BCUT2D eigenvalue weighted by molar-refractivity contribution is 0.00713. The number of ether oxygens (including phenoxy) is 1. The van der Waals surface area contributed by atoms with Crippen LogP contribution in [0.2, 0.25) is 0 Å². The minimum atomic E-state index is -1.44. The zero-order valence-electron chi connectivity index (χ0n) is 16.2. The molecule has 0 aliphatic rings. The number of pyridine rings is 2. The number of esters is 1. The first-order valence-electron chi connectivity index (χ1n) is 8.94. The van der Waals surface area contributed by atoms with Crippen LogP contribution >= 0.6 is 0 Å². The number of carbonyl (C=O) groups excluding carboxylic acids is 1. The summed E-state index contributed by atoms with van der Waals surface area (Å²) in [6.45, 7) is 5.08. The summed E-state index contributed by atoms with van der Waals surface area (Å²) in [6.07, 6.45) is 1.79. The van der Waals surface area contributed by atoms with Crippen LogP contribution in [0, 0.1) is 5.82 Å². The van der Waals surface area contributed by atoms with E-state index in [0.29, 0.717) is 17.5 Å². The summed E-state index contributed by atoms with van der Waals surface area (Å²) in [6, 6.07) is 10.3. The number of fused-ring (bicyclic) bond motifs is 1. The van der Waals surface area contributed by atoms with Crippen LogP contribution in [0.15, 0.2) is 53.5 Å². The van der Waals surface area contributed by atoms with Gasteiger partial charge in [0.05, 0.1) is 11.1 Å². The summed E-state index contributed by atoms with van der Waals surface area (Å²) >= 11 is 0. The van der Waals surface area contributed by atoms with Gasteiger partial charge in [0.25, 0.3) is 5.56 Å². The van der Waals surface area contributed by atoms with Gasteiger partial charge in [-0.1, -0.05) is 18.2 Å². The number of rotatable bonds is 4. The van der Waals surface area contributed by atoms with Crippen LogP contribution < -0.4 is 5.56 Å². The van der Waals surface area contributed by atoms with Gasteiger partial charge in [0, 0.05) is 6.20 Å². The molecule has 0 aliphatic carbocycles. The van der Waals surface area contributed by atoms with Gasteiger partial charge in [0.2, 0.25) is 0 Å². The lowest BCUT2D eigenvalue weighted by Gasteiger charge is -2.20. The summed E-state index contributed by atoms with van der Waals surface area (Å²) in [4.78, 5) is 36.8. The molecular formula is C22H20FNO5. The lowest BCUT2D eigenvalue weighted by Crippen LogP contribution is -2.28. The molecular weight excluding hydrogens is 377 g/mol. The van der Waals surface area contributed by atoms with E-state index in [-0.39, 0.29) is 16.9 Å². The predicted octanol–water partition coefficient (Wildman–Crippen LogP) is 3.68. The molecule has 0 saturated carbocycles. The van der Waals surface area contributed by atoms with Gasteiger partial charge in [-0.15, -0.1) is 0 Å². The van der Waals surface area contributed by atoms with Crippen molar-refractivity contribution in [3.05, 3.63) is 87.1 Å². The molecule has 0 bridgehead atoms. The highest BCUT2D eigenvalue weighted by atomic mass is 19.1. The maximum absolute atomic E-state index is 13.4. The van der Waals surface area contributed by atoms with Crippen molar-refractivity contribution in [1.82, 2.24) is 4.40 Å². The Kier molecular flexibility index (Phi) is 5.24. The van der Waals surface area contributed by atoms with E-state index in [1.165, 1.54) is 18.3 Å². The highest BCUT2D eigenvalue weighted by molar-refractivity contribution is 6.00. The molecule has 3 rings (SSSR count). The average Bonchev–Trinajstić information content (AvgIpc) is 2.60. The van der Waals surface area contributed by atoms with E-state index < -0.39 is 28.7 Å². The van der Waals surface area contributed by atoms with Gasteiger partial charge in [0.1, 0.15) is 17.0 Å². The Bertz CT molecular complexity index is 1170. The Hall–Kier alpha value is -3.48. The number of benzene rings is 1. The summed E-state index contributed by atoms with van der Waals surface area (Å²) in [5, 5.41) is 9.39. The summed E-state index contributed by atoms with van der Waals surface area (Å²) in [5.74, 6) is -2.54. The number of carbonyl (C=O) groups is 2. The van der Waals surface area contributed by atoms with Crippen molar-refractivity contribution < 1.29 is 23.8 Å². The molecule has 1 aromatic carbocycles. The van der Waals surface area contributed by atoms with Crippen molar-refractivity contribution >= 4 is 17.5 Å². The van der Waals surface area contributed by atoms with Crippen LogP contribution in [0.1, 0.15) is 52.6 Å². The molecule has 29 heavy (non-hydrogen) atoms. The molecule has 2 aromatic heterocycles. The molecule has 6 nitrogen and oxygen atoms in total. The third-order valence-corrected chi connectivity index (χ3v) is 4.17. The Labute approximate surface area is 166 Å². The van der Waals surface area contributed by atoms with Crippen molar-refractivity contribution in [1.29, 1.82) is 0 Å². The van der Waals surface area contributed by atoms with E-state index in [1.807, 2.05) is 0 Å². The largest absolute Gasteiger partial charge is 0.477 e. The number of hydrogen-bond acceptors (Lipinski definition) is 4. The normalized spacial score (nSPS) is 11.4. The smallest absolute Gasteiger partial charge is 0.341 e. The molecule has 150 valence electrons. The van der Waals surface area contributed by atoms with Gasteiger partial charge in [0.15, 0.2) is 0 Å². The molecule has 0 fully saturated rings. The molecule has 0 amide bonds. The number of aromatic carboxylic acids is 1. The van der Waals surface area contributed by atoms with Crippen LogP contribution in [0.4, 0.5) is 4.39 Å². The zero-order chi connectivity index (χ0) is 21.3. The van der Waals surface area contributed by atoms with Gasteiger partial charge in [-0.25, -0.2) is 14.0 Å². The molecule has 2 heterocycles. The van der Waals surface area contributed by atoms with Crippen LogP contribution in [0.5, 0.6) is 0 Å². The van der Waals surface area contributed by atoms with Gasteiger partial charge in [-0.05, 0) is 62.6 Å². The average molecular weight is 397 g/mol. The van der Waals surface area contributed by atoms with Crippen molar-refractivity contribution in [2.24, 2.45) is 0 Å². The topological polar surface area (TPSA) is 85.1 Å². The SMILES string of the molecule is CC(C)(C)OC(=O)c1cc(C(=O)O)c(=O)n2cc(Cc3cccc(F)c3)ccc12. The minimum absolute atomic E-state index is 0.0192. The highest BCUT2D eigenvalue weighted by Gasteiger charge is 2.23. The first kappa shape index (κ1) is 20.3. The lowest BCUT2D eigenvalue weighted by atomic mass is 10.0. The quantitative estimate of drug-likeness (QED) is 0.679. The predicted molar refractivity (Wildman–Crippen MR) is 105 cm³/mol. The second-order valence-electron chi connectivity index (χ2n) is 7.68. The molecule has 0 atom stereocenters. The number of nitrogens with zero attached hydrogens (tertiary/aromatic N) is 1. The van der Waals surface area contributed by atoms with Crippen LogP contribution in [0.3, 0.4) is 0 Å². The zero-order valence-corrected chi connectivity index (χ0v) is 16.2. The third-order valence-electron chi connectivity index (χ3n) is 4.17. The standard InChI is InChI=1S/C22H20FNO5/c1-22(2,3)29-21(28)16-11-17(20(26)27)19(25)24-12-14(7-8-18(16)24)9-13-5-4-6-15(23)10-13/h4-8,10-12H,9H2,1-3H3,(H,26,27). The maximum atomic E-state index is 13.4. The van der Waals surface area contributed by atoms with Gasteiger partial charge in [-0.2, -0.15) is 0 Å². The second kappa shape index (κ2) is 7.50. The third kappa shape index (κ3) is 4.51. The van der Waals surface area contributed by atoms with Gasteiger partial charge < -0.3 is 9.84 Å². The highest BCUT2D eigenvalue weighted by Crippen LogP contribution is 2.19. The van der Waals surface area contributed by atoms with E-state index in [9.17, 15) is 23.9 Å². The summed E-state index contributed by atoms with van der Waals surface area (Å²) in [5.41, 5.74) is -0.522. The molecule has 1 N–H and O–H groups in total. The number of carboxylic acids is 1. The molecule has 3 aromatic rings. The van der Waals surface area contributed by atoms with Crippen LogP contribution in [-0.4, -0.2) is 27.0 Å². The van der Waals surface area contributed by atoms with E-state index in [0.717, 1.165) is 10.5 Å². The van der Waals surface area contributed by atoms with Crippen molar-refractivity contribution in [2.75, 3.05) is 0 Å². The Morgan fingerprint density at radius 2 is 1.79 bits per heavy atom. The monoisotopic (exact) mass is 397 g/mol. The number of carboxylic acid groups (broad SMARTS) is 1. The number of hydrogen-bond donors (Lipinski definition) is 1. The van der Waals surface area contributed by atoms with E-state index in [4.69, 9.17) is 4.74 Å². The molecule has 0 unspecified atom stereocenters. The molecule has 0 aliphatic heterocycles. The van der Waals surface area contributed by atoms with E-state index in [2.05, 4.69) is 0 Å². The minimum Gasteiger partial charge on any atom is -0.477 e. The second-order valence-corrected chi connectivity index (χ2v) is 7.68. The Morgan fingerprint density at radius 3 is 2.41 bits per heavy atom. The van der Waals surface area contributed by atoms with Crippen molar-refractivity contribution in [3.8, 4) is 0 Å².